The number of aliphatic hydroxyl groups excluding tert-OH is 1. The number of nitrogens with zero attached hydrogens (tertiary/aromatic N) is 1. The lowest BCUT2D eigenvalue weighted by molar-refractivity contribution is -0.0185. The molecule has 134 valence electrons. The minimum Gasteiger partial charge on any atom is -0.493 e. The molecule has 7 heteroatoms. The molecule has 0 saturated carbocycles. The smallest absolute Gasteiger partial charge is 0.349 e. The van der Waals surface area contributed by atoms with Gasteiger partial charge in [-0.25, -0.2) is 4.79 Å². The van der Waals surface area contributed by atoms with Crippen molar-refractivity contribution >= 4 is 16.9 Å². The number of ether oxygens (including phenoxy) is 2. The van der Waals surface area contributed by atoms with Crippen LogP contribution in [0.4, 0.5) is 0 Å². The van der Waals surface area contributed by atoms with Crippen LogP contribution in [0.25, 0.3) is 11.0 Å². The van der Waals surface area contributed by atoms with Crippen LogP contribution in [0.3, 0.4) is 0 Å². The summed E-state index contributed by atoms with van der Waals surface area (Å²) in [5.74, 6) is 0.161. The summed E-state index contributed by atoms with van der Waals surface area (Å²) in [7, 11) is 0. The minimum atomic E-state index is -0.701. The standard InChI is InChI=1S/C18H21NO6/c1-2-6-24-14-4-3-12-8-15(18(22)25-16(12)9-14)17(21)19-5-7-23-11-13(19)10-20/h3-4,8-9,13,20H,2,5-7,10-11H2,1H3. The highest BCUT2D eigenvalue weighted by Crippen LogP contribution is 2.21. The first kappa shape index (κ1) is 17.4. The van der Waals surface area contributed by atoms with Crippen LogP contribution in [0.15, 0.2) is 33.5 Å². The van der Waals surface area contributed by atoms with E-state index in [1.54, 1.807) is 18.2 Å². The molecule has 0 spiro atoms. The molecular formula is C18H21NO6. The van der Waals surface area contributed by atoms with Crippen LogP contribution in [-0.4, -0.2) is 54.9 Å². The van der Waals surface area contributed by atoms with Crippen molar-refractivity contribution in [2.75, 3.05) is 33.0 Å². The van der Waals surface area contributed by atoms with E-state index in [2.05, 4.69) is 0 Å². The molecule has 0 radical (unpaired) electrons. The summed E-state index contributed by atoms with van der Waals surface area (Å²) in [5.41, 5.74) is -0.376. The van der Waals surface area contributed by atoms with Gasteiger partial charge < -0.3 is 23.9 Å². The molecule has 1 amide bonds. The number of hydrogen-bond donors (Lipinski definition) is 1. The van der Waals surface area contributed by atoms with Gasteiger partial charge in [-0.2, -0.15) is 0 Å². The molecule has 1 unspecified atom stereocenters. The Balaban J connectivity index is 1.92. The zero-order chi connectivity index (χ0) is 17.8. The van der Waals surface area contributed by atoms with Crippen LogP contribution in [-0.2, 0) is 4.74 Å². The molecule has 1 aromatic carbocycles. The van der Waals surface area contributed by atoms with E-state index in [0.717, 1.165) is 6.42 Å². The van der Waals surface area contributed by atoms with Crippen molar-refractivity contribution in [2.45, 2.75) is 19.4 Å². The number of carbonyl (C=O) groups excluding carboxylic acids is 1. The van der Waals surface area contributed by atoms with Gasteiger partial charge in [-0.1, -0.05) is 6.92 Å². The van der Waals surface area contributed by atoms with Crippen LogP contribution in [0.1, 0.15) is 23.7 Å². The number of benzene rings is 1. The Labute approximate surface area is 144 Å². The first-order valence-electron chi connectivity index (χ1n) is 8.34. The molecule has 0 aliphatic carbocycles. The molecule has 7 nitrogen and oxygen atoms in total. The van der Waals surface area contributed by atoms with Gasteiger partial charge in [0, 0.05) is 18.0 Å². The molecule has 0 bridgehead atoms. The number of amides is 1. The average Bonchev–Trinajstić information content (AvgIpc) is 2.65. The highest BCUT2D eigenvalue weighted by atomic mass is 16.5. The normalized spacial score (nSPS) is 17.7. The van der Waals surface area contributed by atoms with Gasteiger partial charge >= 0.3 is 5.63 Å². The lowest BCUT2D eigenvalue weighted by Crippen LogP contribution is -2.51. The summed E-state index contributed by atoms with van der Waals surface area (Å²) in [6.45, 7) is 3.31. The van der Waals surface area contributed by atoms with E-state index >= 15 is 0 Å². The fraction of sp³-hybridized carbons (Fsp3) is 0.444. The van der Waals surface area contributed by atoms with Gasteiger partial charge in [0.15, 0.2) is 0 Å². The molecule has 2 aromatic rings. The quantitative estimate of drug-likeness (QED) is 0.823. The van der Waals surface area contributed by atoms with Crippen molar-refractivity contribution in [3.63, 3.8) is 0 Å². The van der Waals surface area contributed by atoms with Crippen LogP contribution in [0, 0.1) is 0 Å². The number of aliphatic hydroxyl groups is 1. The van der Waals surface area contributed by atoms with Crippen molar-refractivity contribution in [3.05, 3.63) is 40.2 Å². The molecule has 1 aromatic heterocycles. The minimum absolute atomic E-state index is 0.0462. The summed E-state index contributed by atoms with van der Waals surface area (Å²) in [6, 6.07) is 6.24. The van der Waals surface area contributed by atoms with Gasteiger partial charge in [-0.3, -0.25) is 4.79 Å². The molecule has 1 saturated heterocycles. The van der Waals surface area contributed by atoms with E-state index in [0.29, 0.717) is 36.5 Å². The number of fused-ring (bicyclic) bond motifs is 1. The fourth-order valence-electron chi connectivity index (χ4n) is 2.78. The van der Waals surface area contributed by atoms with Crippen molar-refractivity contribution in [2.24, 2.45) is 0 Å². The highest BCUT2D eigenvalue weighted by molar-refractivity contribution is 5.97. The fourth-order valence-corrected chi connectivity index (χ4v) is 2.78. The molecule has 1 atom stereocenters. The predicted molar refractivity (Wildman–Crippen MR) is 91.0 cm³/mol. The third kappa shape index (κ3) is 3.67. The SMILES string of the molecule is CCCOc1ccc2cc(C(=O)N3CCOCC3CO)c(=O)oc2c1. The first-order valence-corrected chi connectivity index (χ1v) is 8.34. The van der Waals surface area contributed by atoms with Crippen molar-refractivity contribution in [1.82, 2.24) is 4.90 Å². The third-order valence-electron chi connectivity index (χ3n) is 4.11. The van der Waals surface area contributed by atoms with E-state index < -0.39 is 17.6 Å². The van der Waals surface area contributed by atoms with E-state index in [1.165, 1.54) is 11.0 Å². The van der Waals surface area contributed by atoms with Gasteiger partial charge in [0.05, 0.1) is 32.5 Å². The zero-order valence-electron chi connectivity index (χ0n) is 14.1. The lowest BCUT2D eigenvalue weighted by Gasteiger charge is -2.34. The van der Waals surface area contributed by atoms with E-state index in [1.807, 2.05) is 6.92 Å². The number of morpholine rings is 1. The summed E-state index contributed by atoms with van der Waals surface area (Å²) in [6.07, 6.45) is 0.876. The van der Waals surface area contributed by atoms with Crippen molar-refractivity contribution < 1.29 is 23.8 Å². The van der Waals surface area contributed by atoms with Crippen molar-refractivity contribution in [3.8, 4) is 5.75 Å². The number of rotatable bonds is 5. The van der Waals surface area contributed by atoms with Gasteiger partial charge in [0.25, 0.3) is 5.91 Å². The maximum atomic E-state index is 12.7. The summed E-state index contributed by atoms with van der Waals surface area (Å²) in [4.78, 5) is 26.5. The van der Waals surface area contributed by atoms with E-state index in [-0.39, 0.29) is 18.8 Å². The van der Waals surface area contributed by atoms with Crippen LogP contribution >= 0.6 is 0 Å². The topological polar surface area (TPSA) is 89.2 Å². The zero-order valence-corrected chi connectivity index (χ0v) is 14.1. The molecule has 2 heterocycles. The molecule has 1 aliphatic rings. The number of hydrogen-bond acceptors (Lipinski definition) is 6. The van der Waals surface area contributed by atoms with E-state index in [9.17, 15) is 14.7 Å². The lowest BCUT2D eigenvalue weighted by atomic mass is 10.1. The Morgan fingerprint density at radius 3 is 3.00 bits per heavy atom. The maximum Gasteiger partial charge on any atom is 0.349 e. The molecule has 1 fully saturated rings. The molecule has 3 rings (SSSR count). The van der Waals surface area contributed by atoms with Gasteiger partial charge in [-0.15, -0.1) is 0 Å². The van der Waals surface area contributed by atoms with Crippen LogP contribution in [0.2, 0.25) is 0 Å². The second-order valence-electron chi connectivity index (χ2n) is 5.91. The van der Waals surface area contributed by atoms with Gasteiger partial charge in [-0.05, 0) is 24.6 Å². The highest BCUT2D eigenvalue weighted by Gasteiger charge is 2.29. The molecule has 1 N–H and O–H groups in total. The Morgan fingerprint density at radius 1 is 1.40 bits per heavy atom. The maximum absolute atomic E-state index is 12.7. The third-order valence-corrected chi connectivity index (χ3v) is 4.11. The summed E-state index contributed by atoms with van der Waals surface area (Å²) < 4.78 is 16.1. The molecule has 25 heavy (non-hydrogen) atoms. The predicted octanol–water partition coefficient (Wildman–Crippen LogP) is 1.42. The monoisotopic (exact) mass is 347 g/mol. The summed E-state index contributed by atoms with van der Waals surface area (Å²) >= 11 is 0. The van der Waals surface area contributed by atoms with E-state index in [4.69, 9.17) is 13.9 Å². The van der Waals surface area contributed by atoms with Gasteiger partial charge in [0.1, 0.15) is 16.9 Å². The van der Waals surface area contributed by atoms with Crippen molar-refractivity contribution in [1.29, 1.82) is 0 Å². The van der Waals surface area contributed by atoms with Gasteiger partial charge in [0.2, 0.25) is 0 Å². The Hall–Kier alpha value is -2.38. The Kier molecular flexibility index (Phi) is 5.35. The molecule has 1 aliphatic heterocycles. The number of carbonyl (C=O) groups is 1. The Morgan fingerprint density at radius 2 is 2.24 bits per heavy atom. The molecular weight excluding hydrogens is 326 g/mol. The van der Waals surface area contributed by atoms with Crippen LogP contribution in [0.5, 0.6) is 5.75 Å². The largest absolute Gasteiger partial charge is 0.493 e. The first-order chi connectivity index (χ1) is 12.1. The second-order valence-corrected chi connectivity index (χ2v) is 5.91. The second kappa shape index (κ2) is 7.67. The Bertz CT molecular complexity index is 815. The van der Waals surface area contributed by atoms with Crippen LogP contribution < -0.4 is 10.4 Å². The summed E-state index contributed by atoms with van der Waals surface area (Å²) in [5, 5.41) is 10.0. The average molecular weight is 347 g/mol.